The number of para-hydroxylation sites is 1. The molecule has 0 aliphatic carbocycles. The van der Waals surface area contributed by atoms with Crippen LogP contribution in [0.15, 0.2) is 79.5 Å². The fourth-order valence-corrected chi connectivity index (χ4v) is 4.26. The normalized spacial score (nSPS) is 11.0. The number of ether oxygens (including phenoxy) is 2. The van der Waals surface area contributed by atoms with Crippen molar-refractivity contribution in [3.8, 4) is 29.0 Å². The first-order valence-corrected chi connectivity index (χ1v) is 11.9. The van der Waals surface area contributed by atoms with Crippen LogP contribution in [-0.2, 0) is 0 Å². The summed E-state index contributed by atoms with van der Waals surface area (Å²) in [4.78, 5) is 18.1. The maximum Gasteiger partial charge on any atom is 0.282 e. The summed E-state index contributed by atoms with van der Waals surface area (Å²) >= 11 is 7.05. The zero-order valence-electron chi connectivity index (χ0n) is 18.0. The molecule has 0 spiro atoms. The average molecular weight is 582 g/mol. The van der Waals surface area contributed by atoms with Crippen LogP contribution in [0.4, 0.5) is 0 Å². The number of fused-ring (bicyclic) bond motifs is 1. The van der Waals surface area contributed by atoms with Crippen LogP contribution >= 0.6 is 31.9 Å². The van der Waals surface area contributed by atoms with E-state index in [1.165, 1.54) is 4.68 Å². The Morgan fingerprint density at radius 1 is 1.09 bits per heavy atom. The van der Waals surface area contributed by atoms with E-state index < -0.39 is 0 Å². The molecule has 0 saturated carbocycles. The highest BCUT2D eigenvalue weighted by Crippen LogP contribution is 2.42. The first kappa shape index (κ1) is 23.7. The van der Waals surface area contributed by atoms with Crippen molar-refractivity contribution in [3.63, 3.8) is 0 Å². The molecule has 0 saturated heterocycles. The molecule has 0 unspecified atom stereocenters. The summed E-state index contributed by atoms with van der Waals surface area (Å²) < 4.78 is 13.7. The van der Waals surface area contributed by atoms with Crippen molar-refractivity contribution in [3.05, 3.63) is 85.5 Å². The number of nitriles is 1. The predicted octanol–water partition coefficient (Wildman–Crippen LogP) is 5.77. The van der Waals surface area contributed by atoms with Gasteiger partial charge in [0.25, 0.3) is 5.56 Å². The van der Waals surface area contributed by atoms with Gasteiger partial charge in [0.15, 0.2) is 23.9 Å². The Bertz CT molecular complexity index is 1480. The number of rotatable bonds is 7. The number of nitrogens with zero attached hydrogens (tertiary/aromatic N) is 4. The quantitative estimate of drug-likeness (QED) is 0.258. The lowest BCUT2D eigenvalue weighted by atomic mass is 10.2. The van der Waals surface area contributed by atoms with Gasteiger partial charge in [-0.2, -0.15) is 15.0 Å². The van der Waals surface area contributed by atoms with Gasteiger partial charge in [0.2, 0.25) is 0 Å². The lowest BCUT2D eigenvalue weighted by molar-refractivity contribution is 0.297. The van der Waals surface area contributed by atoms with Gasteiger partial charge in [-0.1, -0.05) is 42.5 Å². The molecule has 0 atom stereocenters. The first-order valence-electron chi connectivity index (χ1n) is 10.3. The Morgan fingerprint density at radius 2 is 1.82 bits per heavy atom. The monoisotopic (exact) mass is 580 g/mol. The van der Waals surface area contributed by atoms with E-state index in [0.717, 1.165) is 5.56 Å². The lowest BCUT2D eigenvalue weighted by Gasteiger charge is -2.15. The summed E-state index contributed by atoms with van der Waals surface area (Å²) in [6.45, 7) is 2.13. The Balaban J connectivity index is 1.88. The number of halogens is 2. The highest BCUT2D eigenvalue weighted by atomic mass is 79.9. The molecule has 0 amide bonds. The van der Waals surface area contributed by atoms with Crippen LogP contribution < -0.4 is 15.0 Å². The molecule has 0 aliphatic heterocycles. The molecular weight excluding hydrogens is 564 g/mol. The summed E-state index contributed by atoms with van der Waals surface area (Å²) in [5.74, 6) is 1.28. The minimum Gasteiger partial charge on any atom is -0.490 e. The minimum absolute atomic E-state index is 0.128. The van der Waals surface area contributed by atoms with Crippen molar-refractivity contribution in [2.45, 2.75) is 6.92 Å². The summed E-state index contributed by atoms with van der Waals surface area (Å²) in [5, 5.41) is 13.9. The van der Waals surface area contributed by atoms with E-state index in [9.17, 15) is 4.79 Å². The molecule has 0 aliphatic rings. The van der Waals surface area contributed by atoms with E-state index in [4.69, 9.17) is 19.7 Å². The molecule has 34 heavy (non-hydrogen) atoms. The van der Waals surface area contributed by atoms with Crippen molar-refractivity contribution < 1.29 is 9.47 Å². The molecule has 0 N–H and O–H groups in total. The van der Waals surface area contributed by atoms with Crippen molar-refractivity contribution in [2.75, 3.05) is 13.2 Å². The van der Waals surface area contributed by atoms with E-state index in [1.54, 1.807) is 30.5 Å². The third kappa shape index (κ3) is 4.74. The second-order valence-electron chi connectivity index (χ2n) is 6.98. The predicted molar refractivity (Wildman–Crippen MR) is 139 cm³/mol. The lowest BCUT2D eigenvalue weighted by Crippen LogP contribution is -2.20. The van der Waals surface area contributed by atoms with Crippen LogP contribution in [0.5, 0.6) is 11.5 Å². The van der Waals surface area contributed by atoms with Gasteiger partial charge in [-0.25, -0.2) is 4.98 Å². The highest BCUT2D eigenvalue weighted by Gasteiger charge is 2.18. The second-order valence-corrected chi connectivity index (χ2v) is 8.57. The maximum atomic E-state index is 13.4. The molecule has 3 aromatic carbocycles. The zero-order chi connectivity index (χ0) is 24.1. The van der Waals surface area contributed by atoms with Crippen LogP contribution in [0.25, 0.3) is 22.3 Å². The van der Waals surface area contributed by atoms with Gasteiger partial charge in [-0.3, -0.25) is 4.79 Å². The standard InChI is InChI=1S/C25H18Br2N4O3/c1-2-33-20-14-17(21(26)22(27)23(20)34-13-12-28)15-29-31-24(16-8-4-3-5-9-16)30-19-11-7-6-10-18(19)25(31)32/h3-11,14-15H,2,13H2,1H3. The SMILES string of the molecule is CCOc1cc(C=Nn2c(-c3ccccc3)nc3ccccc3c2=O)c(Br)c(Br)c1OCC#N. The molecule has 9 heteroatoms. The number of benzene rings is 3. The smallest absolute Gasteiger partial charge is 0.282 e. The molecule has 170 valence electrons. The van der Waals surface area contributed by atoms with Crippen LogP contribution in [0, 0.1) is 11.3 Å². The van der Waals surface area contributed by atoms with Gasteiger partial charge in [-0.15, -0.1) is 0 Å². The van der Waals surface area contributed by atoms with Crippen LogP contribution in [0.3, 0.4) is 0 Å². The molecule has 0 bridgehead atoms. The third-order valence-corrected chi connectivity index (χ3v) is 6.98. The summed E-state index contributed by atoms with van der Waals surface area (Å²) in [6.07, 6.45) is 1.55. The molecule has 4 aromatic rings. The highest BCUT2D eigenvalue weighted by molar-refractivity contribution is 9.13. The Kier molecular flexibility index (Phi) is 7.40. The van der Waals surface area contributed by atoms with E-state index in [1.807, 2.05) is 49.4 Å². The summed E-state index contributed by atoms with van der Waals surface area (Å²) in [7, 11) is 0. The first-order chi connectivity index (χ1) is 16.5. The van der Waals surface area contributed by atoms with Gasteiger partial charge < -0.3 is 9.47 Å². The number of hydrogen-bond donors (Lipinski definition) is 0. The minimum atomic E-state index is -0.283. The molecule has 0 radical (unpaired) electrons. The number of aromatic nitrogens is 2. The zero-order valence-corrected chi connectivity index (χ0v) is 21.2. The van der Waals surface area contributed by atoms with E-state index in [-0.39, 0.29) is 12.2 Å². The van der Waals surface area contributed by atoms with Gasteiger partial charge >= 0.3 is 0 Å². The average Bonchev–Trinajstić information content (AvgIpc) is 2.86. The van der Waals surface area contributed by atoms with Crippen molar-refractivity contribution in [1.82, 2.24) is 9.66 Å². The summed E-state index contributed by atoms with van der Waals surface area (Å²) in [5.41, 5.74) is 1.71. The third-order valence-electron chi connectivity index (χ3n) is 4.83. The second kappa shape index (κ2) is 10.6. The maximum absolute atomic E-state index is 13.4. The fraction of sp³-hybridized carbons (Fsp3) is 0.120. The molecule has 7 nitrogen and oxygen atoms in total. The molecular formula is C25H18Br2N4O3. The van der Waals surface area contributed by atoms with Gasteiger partial charge in [0, 0.05) is 15.6 Å². The van der Waals surface area contributed by atoms with E-state index in [0.29, 0.717) is 49.3 Å². The molecule has 1 heterocycles. The van der Waals surface area contributed by atoms with Crippen molar-refractivity contribution in [2.24, 2.45) is 5.10 Å². The van der Waals surface area contributed by atoms with Gasteiger partial charge in [-0.05, 0) is 57.0 Å². The largest absolute Gasteiger partial charge is 0.490 e. The van der Waals surface area contributed by atoms with Crippen LogP contribution in [0.1, 0.15) is 12.5 Å². The molecule has 4 rings (SSSR count). The van der Waals surface area contributed by atoms with Crippen molar-refractivity contribution in [1.29, 1.82) is 5.26 Å². The van der Waals surface area contributed by atoms with Crippen molar-refractivity contribution >= 4 is 49.0 Å². The Morgan fingerprint density at radius 3 is 2.56 bits per heavy atom. The fourth-order valence-electron chi connectivity index (χ4n) is 3.33. The Hall–Kier alpha value is -3.48. The van der Waals surface area contributed by atoms with E-state index in [2.05, 4.69) is 37.0 Å². The topological polar surface area (TPSA) is 89.5 Å². The molecule has 1 aromatic heterocycles. The van der Waals surface area contributed by atoms with Crippen LogP contribution in [-0.4, -0.2) is 29.1 Å². The number of hydrogen-bond acceptors (Lipinski definition) is 6. The van der Waals surface area contributed by atoms with Crippen LogP contribution in [0.2, 0.25) is 0 Å². The Labute approximate surface area is 212 Å². The summed E-state index contributed by atoms with van der Waals surface area (Å²) in [6, 6.07) is 20.3. The van der Waals surface area contributed by atoms with Gasteiger partial charge in [0.05, 0.1) is 28.2 Å². The van der Waals surface area contributed by atoms with E-state index >= 15 is 0 Å². The molecule has 0 fully saturated rings. The van der Waals surface area contributed by atoms with Gasteiger partial charge in [0.1, 0.15) is 6.07 Å².